The maximum absolute atomic E-state index is 11.7. The van der Waals surface area contributed by atoms with Crippen LogP contribution < -0.4 is 5.32 Å². The van der Waals surface area contributed by atoms with Gasteiger partial charge in [0, 0.05) is 6.54 Å². The molecule has 1 aliphatic heterocycles. The number of esters is 1. The minimum absolute atomic E-state index is 0.271. The van der Waals surface area contributed by atoms with Crippen molar-refractivity contribution in [3.8, 4) is 0 Å². The Morgan fingerprint density at radius 2 is 2.13 bits per heavy atom. The van der Waals surface area contributed by atoms with Gasteiger partial charge in [0.2, 0.25) is 0 Å². The topological polar surface area (TPSA) is 58.6 Å². The lowest BCUT2D eigenvalue weighted by atomic mass is 9.91. The second-order valence-corrected chi connectivity index (χ2v) is 5.43. The molecular weight excluding hydrogens is 194 g/mol. The van der Waals surface area contributed by atoms with Crippen molar-refractivity contribution in [2.75, 3.05) is 13.1 Å². The molecule has 0 aromatic heterocycles. The molecule has 0 amide bonds. The zero-order valence-electron chi connectivity index (χ0n) is 9.96. The van der Waals surface area contributed by atoms with Gasteiger partial charge in [-0.1, -0.05) is 0 Å². The van der Waals surface area contributed by atoms with Crippen LogP contribution in [0.3, 0.4) is 0 Å². The molecule has 0 aromatic carbocycles. The van der Waals surface area contributed by atoms with E-state index in [0.717, 1.165) is 6.54 Å². The molecule has 0 aliphatic carbocycles. The van der Waals surface area contributed by atoms with Crippen LogP contribution in [0.2, 0.25) is 0 Å². The van der Waals surface area contributed by atoms with E-state index in [1.54, 1.807) is 27.7 Å². The third-order valence-electron chi connectivity index (χ3n) is 2.71. The highest BCUT2D eigenvalue weighted by Crippen LogP contribution is 2.25. The van der Waals surface area contributed by atoms with Gasteiger partial charge < -0.3 is 15.2 Å². The number of rotatable bonds is 1. The molecule has 15 heavy (non-hydrogen) atoms. The van der Waals surface area contributed by atoms with E-state index in [-0.39, 0.29) is 5.97 Å². The van der Waals surface area contributed by atoms with Crippen LogP contribution in [0.5, 0.6) is 0 Å². The van der Waals surface area contributed by atoms with E-state index in [1.807, 2.05) is 0 Å². The Hall–Kier alpha value is -0.610. The number of aliphatic hydroxyl groups excluding tert-OH is 1. The molecule has 2 N–H and O–H groups in total. The van der Waals surface area contributed by atoms with Crippen LogP contribution in [0.25, 0.3) is 0 Å². The van der Waals surface area contributed by atoms with Gasteiger partial charge in [0.1, 0.15) is 5.60 Å². The van der Waals surface area contributed by atoms with Crippen LogP contribution in [0, 0.1) is 5.41 Å². The second kappa shape index (κ2) is 4.10. The molecule has 1 saturated heterocycles. The highest BCUT2D eigenvalue weighted by molar-refractivity contribution is 5.75. The van der Waals surface area contributed by atoms with Gasteiger partial charge in [0.25, 0.3) is 0 Å². The van der Waals surface area contributed by atoms with E-state index in [2.05, 4.69) is 5.32 Å². The van der Waals surface area contributed by atoms with Crippen LogP contribution in [-0.2, 0) is 9.53 Å². The molecule has 1 aliphatic rings. The van der Waals surface area contributed by atoms with E-state index in [0.29, 0.717) is 13.0 Å². The van der Waals surface area contributed by atoms with Gasteiger partial charge in [-0.3, -0.25) is 4.79 Å². The summed E-state index contributed by atoms with van der Waals surface area (Å²) in [6.07, 6.45) is 0.0403. The first kappa shape index (κ1) is 12.5. The molecular formula is C11H21NO3. The average Bonchev–Trinajstić information content (AvgIpc) is 2.09. The number of piperidine rings is 1. The number of carbonyl (C=O) groups excluding carboxylic acids is 1. The van der Waals surface area contributed by atoms with Crippen LogP contribution in [0.1, 0.15) is 34.1 Å². The van der Waals surface area contributed by atoms with Crippen LogP contribution in [0.15, 0.2) is 0 Å². The van der Waals surface area contributed by atoms with Crippen molar-refractivity contribution in [2.24, 2.45) is 5.41 Å². The fraction of sp³-hybridized carbons (Fsp3) is 0.909. The Kier molecular flexibility index (Phi) is 3.41. The van der Waals surface area contributed by atoms with Gasteiger partial charge >= 0.3 is 5.97 Å². The van der Waals surface area contributed by atoms with Gasteiger partial charge in [-0.2, -0.15) is 0 Å². The summed E-state index contributed by atoms with van der Waals surface area (Å²) in [6.45, 7) is 8.47. The van der Waals surface area contributed by atoms with Gasteiger partial charge in [0.15, 0.2) is 0 Å². The SMILES string of the molecule is CC(C)(C)C(=O)OC1(C)CNCCC1O. The summed E-state index contributed by atoms with van der Waals surface area (Å²) in [5.74, 6) is -0.271. The van der Waals surface area contributed by atoms with Gasteiger partial charge in [-0.25, -0.2) is 0 Å². The normalized spacial score (nSPS) is 32.5. The summed E-state index contributed by atoms with van der Waals surface area (Å²) >= 11 is 0. The van der Waals surface area contributed by atoms with Crippen molar-refractivity contribution in [1.82, 2.24) is 5.32 Å². The number of ether oxygens (including phenoxy) is 1. The summed E-state index contributed by atoms with van der Waals surface area (Å²) in [7, 11) is 0. The molecule has 0 bridgehead atoms. The fourth-order valence-electron chi connectivity index (χ4n) is 1.47. The van der Waals surface area contributed by atoms with Gasteiger partial charge in [-0.05, 0) is 40.7 Å². The van der Waals surface area contributed by atoms with Crippen molar-refractivity contribution in [3.05, 3.63) is 0 Å². The lowest BCUT2D eigenvalue weighted by Crippen LogP contribution is -2.56. The first-order valence-corrected chi connectivity index (χ1v) is 5.38. The second-order valence-electron chi connectivity index (χ2n) is 5.43. The number of hydrogen-bond acceptors (Lipinski definition) is 4. The van der Waals surface area contributed by atoms with Crippen molar-refractivity contribution < 1.29 is 14.6 Å². The molecule has 4 heteroatoms. The Morgan fingerprint density at radius 1 is 1.53 bits per heavy atom. The van der Waals surface area contributed by atoms with E-state index < -0.39 is 17.1 Å². The summed E-state index contributed by atoms with van der Waals surface area (Å²) in [5, 5.41) is 13.0. The molecule has 4 nitrogen and oxygen atoms in total. The average molecular weight is 215 g/mol. The van der Waals surface area contributed by atoms with E-state index in [4.69, 9.17) is 4.74 Å². The Bertz CT molecular complexity index is 247. The quantitative estimate of drug-likeness (QED) is 0.632. The Morgan fingerprint density at radius 3 is 2.60 bits per heavy atom. The first-order valence-electron chi connectivity index (χ1n) is 5.38. The number of carbonyl (C=O) groups is 1. The molecule has 0 aromatic rings. The Labute approximate surface area is 91.0 Å². The summed E-state index contributed by atoms with van der Waals surface area (Å²) in [5.41, 5.74) is -1.32. The summed E-state index contributed by atoms with van der Waals surface area (Å²) in [4.78, 5) is 11.7. The van der Waals surface area contributed by atoms with Crippen LogP contribution in [0.4, 0.5) is 0 Å². The van der Waals surface area contributed by atoms with E-state index >= 15 is 0 Å². The largest absolute Gasteiger partial charge is 0.455 e. The monoisotopic (exact) mass is 215 g/mol. The molecule has 0 saturated carbocycles. The van der Waals surface area contributed by atoms with Crippen molar-refractivity contribution in [2.45, 2.75) is 45.8 Å². The molecule has 1 fully saturated rings. The highest BCUT2D eigenvalue weighted by atomic mass is 16.6. The van der Waals surface area contributed by atoms with Crippen LogP contribution >= 0.6 is 0 Å². The third-order valence-corrected chi connectivity index (χ3v) is 2.71. The summed E-state index contributed by atoms with van der Waals surface area (Å²) < 4.78 is 5.40. The highest BCUT2D eigenvalue weighted by Gasteiger charge is 2.41. The van der Waals surface area contributed by atoms with Gasteiger partial charge in [0.05, 0.1) is 11.5 Å². The third kappa shape index (κ3) is 2.92. The fourth-order valence-corrected chi connectivity index (χ4v) is 1.47. The Balaban J connectivity index is 2.66. The van der Waals surface area contributed by atoms with Crippen molar-refractivity contribution >= 4 is 5.97 Å². The molecule has 0 radical (unpaired) electrons. The van der Waals surface area contributed by atoms with Crippen molar-refractivity contribution in [3.63, 3.8) is 0 Å². The minimum Gasteiger partial charge on any atom is -0.455 e. The lowest BCUT2D eigenvalue weighted by molar-refractivity contribution is -0.182. The molecule has 2 atom stereocenters. The minimum atomic E-state index is -0.789. The molecule has 88 valence electrons. The van der Waals surface area contributed by atoms with Crippen molar-refractivity contribution in [1.29, 1.82) is 0 Å². The summed E-state index contributed by atoms with van der Waals surface area (Å²) in [6, 6.07) is 0. The predicted molar refractivity (Wildman–Crippen MR) is 57.4 cm³/mol. The number of aliphatic hydroxyl groups is 1. The number of hydrogen-bond donors (Lipinski definition) is 2. The van der Waals surface area contributed by atoms with E-state index in [9.17, 15) is 9.90 Å². The van der Waals surface area contributed by atoms with Crippen LogP contribution in [-0.4, -0.2) is 35.9 Å². The molecule has 1 heterocycles. The standard InChI is InChI=1S/C11H21NO3/c1-10(2,3)9(14)15-11(4)7-12-6-5-8(11)13/h8,12-13H,5-7H2,1-4H3. The molecule has 0 spiro atoms. The first-order chi connectivity index (χ1) is 6.76. The zero-order chi connectivity index (χ0) is 11.7. The predicted octanol–water partition coefficient (Wildman–Crippen LogP) is 0.689. The zero-order valence-corrected chi connectivity index (χ0v) is 9.96. The molecule has 2 unspecified atom stereocenters. The van der Waals surface area contributed by atoms with Gasteiger partial charge in [-0.15, -0.1) is 0 Å². The maximum atomic E-state index is 11.7. The lowest BCUT2D eigenvalue weighted by Gasteiger charge is -2.39. The number of nitrogens with one attached hydrogen (secondary N) is 1. The molecule has 1 rings (SSSR count). The smallest absolute Gasteiger partial charge is 0.311 e. The maximum Gasteiger partial charge on any atom is 0.311 e. The van der Waals surface area contributed by atoms with E-state index in [1.165, 1.54) is 0 Å².